The van der Waals surface area contributed by atoms with E-state index < -0.39 is 0 Å². The average molecular weight is 165 g/mol. The van der Waals surface area contributed by atoms with Crippen LogP contribution in [0.3, 0.4) is 0 Å². The number of ether oxygens (including phenoxy) is 1. The molecule has 1 aliphatic rings. The summed E-state index contributed by atoms with van der Waals surface area (Å²) in [6, 6.07) is 0. The largest absolute Gasteiger partial charge is 0.397 e. The van der Waals surface area contributed by atoms with Gasteiger partial charge in [-0.15, -0.1) is 0 Å². The van der Waals surface area contributed by atoms with Crippen LogP contribution >= 0.6 is 0 Å². The van der Waals surface area contributed by atoms with E-state index in [1.165, 1.54) is 0 Å². The number of rotatable bonds is 0. The summed E-state index contributed by atoms with van der Waals surface area (Å²) in [6.45, 7) is 1.27. The minimum Gasteiger partial charge on any atom is -0.397 e. The van der Waals surface area contributed by atoms with Crippen LogP contribution in [0.15, 0.2) is 6.20 Å². The van der Waals surface area contributed by atoms with Crippen LogP contribution < -0.4 is 11.5 Å². The molecule has 4 nitrogen and oxygen atoms in total. The van der Waals surface area contributed by atoms with E-state index in [1.54, 1.807) is 6.20 Å². The Morgan fingerprint density at radius 1 is 1.42 bits per heavy atom. The molecule has 0 aromatic carbocycles. The Bertz CT molecular complexity index is 311. The van der Waals surface area contributed by atoms with Gasteiger partial charge in [0.2, 0.25) is 0 Å². The van der Waals surface area contributed by atoms with E-state index in [0.717, 1.165) is 24.3 Å². The van der Waals surface area contributed by atoms with E-state index in [4.69, 9.17) is 16.2 Å². The molecule has 1 aliphatic heterocycles. The van der Waals surface area contributed by atoms with E-state index in [-0.39, 0.29) is 0 Å². The van der Waals surface area contributed by atoms with Gasteiger partial charge in [0.25, 0.3) is 0 Å². The van der Waals surface area contributed by atoms with Gasteiger partial charge in [-0.3, -0.25) is 4.98 Å². The summed E-state index contributed by atoms with van der Waals surface area (Å²) >= 11 is 0. The van der Waals surface area contributed by atoms with Gasteiger partial charge >= 0.3 is 0 Å². The minimum absolute atomic E-state index is 0.541. The van der Waals surface area contributed by atoms with Gasteiger partial charge in [-0.25, -0.2) is 0 Å². The number of hydrogen-bond donors (Lipinski definition) is 2. The molecular formula is C8H11N3O. The summed E-state index contributed by atoms with van der Waals surface area (Å²) in [5, 5.41) is 0. The quantitative estimate of drug-likeness (QED) is 0.580. The maximum absolute atomic E-state index is 5.76. The van der Waals surface area contributed by atoms with Gasteiger partial charge in [-0.05, 0) is 0 Å². The minimum atomic E-state index is 0.541. The number of pyridine rings is 1. The lowest BCUT2D eigenvalue weighted by molar-refractivity contribution is 0.110. The lowest BCUT2D eigenvalue weighted by Crippen LogP contribution is -2.15. The number of nitrogens with two attached hydrogens (primary N) is 2. The van der Waals surface area contributed by atoms with Crippen LogP contribution in [0.1, 0.15) is 11.3 Å². The maximum Gasteiger partial charge on any atom is 0.0755 e. The molecule has 0 saturated carbocycles. The summed E-state index contributed by atoms with van der Waals surface area (Å²) in [6.07, 6.45) is 2.44. The first kappa shape index (κ1) is 7.36. The van der Waals surface area contributed by atoms with Gasteiger partial charge in [0.05, 0.1) is 36.5 Å². The fourth-order valence-electron chi connectivity index (χ4n) is 1.34. The molecule has 12 heavy (non-hydrogen) atoms. The van der Waals surface area contributed by atoms with Crippen molar-refractivity contribution in [1.82, 2.24) is 4.98 Å². The Hall–Kier alpha value is -1.29. The number of nitrogens with zero attached hydrogens (tertiary/aromatic N) is 1. The molecule has 2 rings (SSSR count). The molecular weight excluding hydrogens is 154 g/mol. The Morgan fingerprint density at radius 2 is 2.25 bits per heavy atom. The molecule has 0 atom stereocenters. The van der Waals surface area contributed by atoms with Crippen molar-refractivity contribution in [2.24, 2.45) is 0 Å². The summed E-state index contributed by atoms with van der Waals surface area (Å²) in [5.74, 6) is 0. The highest BCUT2D eigenvalue weighted by Crippen LogP contribution is 2.25. The monoisotopic (exact) mass is 165 g/mol. The molecule has 0 spiro atoms. The van der Waals surface area contributed by atoms with E-state index in [9.17, 15) is 0 Å². The number of nitrogen functional groups attached to an aromatic ring is 2. The summed E-state index contributed by atoms with van der Waals surface area (Å²) < 4.78 is 5.26. The van der Waals surface area contributed by atoms with Crippen molar-refractivity contribution in [2.75, 3.05) is 18.1 Å². The summed E-state index contributed by atoms with van der Waals surface area (Å²) in [4.78, 5) is 4.19. The number of fused-ring (bicyclic) bond motifs is 1. The van der Waals surface area contributed by atoms with Crippen molar-refractivity contribution >= 4 is 11.4 Å². The molecule has 0 unspecified atom stereocenters. The van der Waals surface area contributed by atoms with Crippen molar-refractivity contribution in [1.29, 1.82) is 0 Å². The first-order chi connectivity index (χ1) is 5.79. The highest BCUT2D eigenvalue weighted by atomic mass is 16.5. The number of aromatic nitrogens is 1. The lowest BCUT2D eigenvalue weighted by atomic mass is 10.1. The fraction of sp³-hybridized carbons (Fsp3) is 0.375. The second-order valence-corrected chi connectivity index (χ2v) is 2.86. The third kappa shape index (κ3) is 1.00. The van der Waals surface area contributed by atoms with Crippen molar-refractivity contribution in [3.63, 3.8) is 0 Å². The predicted octanol–water partition coefficient (Wildman–Crippen LogP) is 0.319. The Morgan fingerprint density at radius 3 is 3.08 bits per heavy atom. The van der Waals surface area contributed by atoms with Crippen LogP contribution in [0.4, 0.5) is 11.4 Å². The molecule has 2 heterocycles. The zero-order valence-electron chi connectivity index (χ0n) is 6.71. The standard InChI is InChI=1S/C8H11N3O/c9-6-3-11-7-1-2-12-4-5(7)8(6)10/h3H,1-2,4,9H2,(H2,10,11). The highest BCUT2D eigenvalue weighted by Gasteiger charge is 2.14. The maximum atomic E-state index is 5.76. The molecule has 0 amide bonds. The van der Waals surface area contributed by atoms with E-state index in [1.807, 2.05) is 0 Å². The van der Waals surface area contributed by atoms with Gasteiger partial charge in [0.15, 0.2) is 0 Å². The van der Waals surface area contributed by atoms with E-state index in [2.05, 4.69) is 4.98 Å². The van der Waals surface area contributed by atoms with Crippen LogP contribution in [-0.4, -0.2) is 11.6 Å². The third-order valence-electron chi connectivity index (χ3n) is 2.07. The Kier molecular flexibility index (Phi) is 1.62. The van der Waals surface area contributed by atoms with Gasteiger partial charge in [0, 0.05) is 12.0 Å². The second kappa shape index (κ2) is 2.64. The van der Waals surface area contributed by atoms with Crippen molar-refractivity contribution in [2.45, 2.75) is 13.0 Å². The normalized spacial score (nSPS) is 15.7. The lowest BCUT2D eigenvalue weighted by Gasteiger charge is -2.17. The van der Waals surface area contributed by atoms with Crippen LogP contribution in [0.5, 0.6) is 0 Å². The van der Waals surface area contributed by atoms with Gasteiger partial charge in [-0.2, -0.15) is 0 Å². The van der Waals surface area contributed by atoms with Crippen molar-refractivity contribution < 1.29 is 4.74 Å². The van der Waals surface area contributed by atoms with E-state index in [0.29, 0.717) is 18.0 Å². The van der Waals surface area contributed by atoms with Crippen molar-refractivity contribution in [3.8, 4) is 0 Å². The number of anilines is 2. The zero-order chi connectivity index (χ0) is 8.55. The van der Waals surface area contributed by atoms with Crippen LogP contribution in [0.2, 0.25) is 0 Å². The number of hydrogen-bond acceptors (Lipinski definition) is 4. The first-order valence-electron chi connectivity index (χ1n) is 3.88. The molecule has 0 bridgehead atoms. The second-order valence-electron chi connectivity index (χ2n) is 2.86. The zero-order valence-corrected chi connectivity index (χ0v) is 6.71. The SMILES string of the molecule is Nc1cnc2c(c1N)COCC2. The molecule has 64 valence electrons. The Labute approximate surface area is 70.5 Å². The molecule has 0 saturated heterocycles. The first-order valence-corrected chi connectivity index (χ1v) is 3.88. The molecule has 1 aromatic heterocycles. The van der Waals surface area contributed by atoms with Crippen molar-refractivity contribution in [3.05, 3.63) is 17.5 Å². The average Bonchev–Trinajstić information content (AvgIpc) is 2.12. The summed E-state index contributed by atoms with van der Waals surface area (Å²) in [7, 11) is 0. The van der Waals surface area contributed by atoms with E-state index >= 15 is 0 Å². The van der Waals surface area contributed by atoms with Crippen LogP contribution in [0, 0.1) is 0 Å². The van der Waals surface area contributed by atoms with Crippen LogP contribution in [-0.2, 0) is 17.8 Å². The molecule has 0 radical (unpaired) electrons. The van der Waals surface area contributed by atoms with Gasteiger partial charge in [0.1, 0.15) is 0 Å². The highest BCUT2D eigenvalue weighted by molar-refractivity contribution is 5.67. The molecule has 0 fully saturated rings. The summed E-state index contributed by atoms with van der Waals surface area (Å²) in [5.41, 5.74) is 14.5. The van der Waals surface area contributed by atoms with Gasteiger partial charge < -0.3 is 16.2 Å². The fourth-order valence-corrected chi connectivity index (χ4v) is 1.34. The van der Waals surface area contributed by atoms with Crippen LogP contribution in [0.25, 0.3) is 0 Å². The third-order valence-corrected chi connectivity index (χ3v) is 2.07. The molecule has 0 aliphatic carbocycles. The molecule has 4 heteroatoms. The van der Waals surface area contributed by atoms with Gasteiger partial charge in [-0.1, -0.05) is 0 Å². The molecule has 1 aromatic rings. The molecule has 4 N–H and O–H groups in total. The topological polar surface area (TPSA) is 74.2 Å². The Balaban J connectivity index is 2.54. The predicted molar refractivity (Wildman–Crippen MR) is 46.4 cm³/mol. The smallest absolute Gasteiger partial charge is 0.0755 e.